The van der Waals surface area contributed by atoms with Crippen molar-refractivity contribution in [3.8, 4) is 0 Å². The number of hydrogen-bond acceptors (Lipinski definition) is 4. The number of thioether (sulfide) groups is 1. The first-order valence-electron chi connectivity index (χ1n) is 6.27. The summed E-state index contributed by atoms with van der Waals surface area (Å²) < 4.78 is 0. The van der Waals surface area contributed by atoms with E-state index in [2.05, 4.69) is 19.2 Å². The summed E-state index contributed by atoms with van der Waals surface area (Å²) in [5.41, 5.74) is 0. The lowest BCUT2D eigenvalue weighted by atomic mass is 10.1. The normalized spacial score (nSPS) is 29.8. The summed E-state index contributed by atoms with van der Waals surface area (Å²) in [6.45, 7) is 5.22. The number of likely N-dealkylation sites (N-methyl/N-ethyl adjacent to an activating group) is 1. The summed E-state index contributed by atoms with van der Waals surface area (Å²) in [7, 11) is 1.87. The number of hydrogen-bond donors (Lipinski definition) is 1. The van der Waals surface area contributed by atoms with E-state index >= 15 is 0 Å². The Morgan fingerprint density at radius 1 is 1.53 bits per heavy atom. The smallest absolute Gasteiger partial charge is 0.222 e. The van der Waals surface area contributed by atoms with E-state index in [0.29, 0.717) is 24.4 Å². The van der Waals surface area contributed by atoms with Gasteiger partial charge in [-0.15, -0.1) is 0 Å². The second-order valence-corrected chi connectivity index (χ2v) is 6.22. The van der Waals surface area contributed by atoms with Crippen molar-refractivity contribution in [3.05, 3.63) is 0 Å². The number of nitrogens with one attached hydrogen (secondary N) is 1. The number of amides is 1. The summed E-state index contributed by atoms with van der Waals surface area (Å²) >= 11 is 1.81. The van der Waals surface area contributed by atoms with Crippen molar-refractivity contribution in [2.75, 3.05) is 19.3 Å². The second-order valence-electron chi connectivity index (χ2n) is 5.21. The van der Waals surface area contributed by atoms with Crippen molar-refractivity contribution in [1.29, 1.82) is 0 Å². The quantitative estimate of drug-likeness (QED) is 0.809. The van der Waals surface area contributed by atoms with Gasteiger partial charge in [-0.1, -0.05) is 25.6 Å². The fraction of sp³-hybridized carbons (Fsp3) is 0.833. The summed E-state index contributed by atoms with van der Waals surface area (Å²) in [5.74, 6) is 1.95. The molecule has 1 fully saturated rings. The van der Waals surface area contributed by atoms with Gasteiger partial charge in [0.05, 0.1) is 6.04 Å². The van der Waals surface area contributed by atoms with E-state index in [4.69, 9.17) is 4.99 Å². The van der Waals surface area contributed by atoms with Crippen LogP contribution in [0.15, 0.2) is 4.99 Å². The van der Waals surface area contributed by atoms with Gasteiger partial charge in [-0.05, 0) is 12.3 Å². The summed E-state index contributed by atoms with van der Waals surface area (Å²) in [4.78, 5) is 17.9. The lowest BCUT2D eigenvalue weighted by Gasteiger charge is -2.30. The van der Waals surface area contributed by atoms with Crippen LogP contribution in [0.5, 0.6) is 0 Å². The van der Waals surface area contributed by atoms with Crippen LogP contribution in [-0.2, 0) is 4.79 Å². The van der Waals surface area contributed by atoms with Crippen LogP contribution in [0.2, 0.25) is 0 Å². The lowest BCUT2D eigenvalue weighted by Crippen LogP contribution is -2.47. The van der Waals surface area contributed by atoms with Crippen molar-refractivity contribution in [1.82, 2.24) is 10.2 Å². The van der Waals surface area contributed by atoms with Gasteiger partial charge in [-0.25, -0.2) is 0 Å². The zero-order valence-electron chi connectivity index (χ0n) is 10.8. The molecule has 0 bridgehead atoms. The summed E-state index contributed by atoms with van der Waals surface area (Å²) in [6.07, 6.45) is 1.58. The molecule has 2 unspecified atom stereocenters. The Hall–Kier alpha value is -0.710. The minimum Gasteiger partial charge on any atom is -0.360 e. The Balaban J connectivity index is 1.86. The molecular weight excluding hydrogens is 234 g/mol. The van der Waals surface area contributed by atoms with Gasteiger partial charge >= 0.3 is 0 Å². The molecule has 2 aliphatic rings. The number of piperidine rings is 1. The Morgan fingerprint density at radius 3 is 2.88 bits per heavy atom. The van der Waals surface area contributed by atoms with Crippen molar-refractivity contribution in [2.24, 2.45) is 10.9 Å². The molecule has 0 spiro atoms. The lowest BCUT2D eigenvalue weighted by molar-refractivity contribution is -0.132. The highest BCUT2D eigenvalue weighted by Crippen LogP contribution is 2.23. The maximum absolute atomic E-state index is 11.4. The molecule has 2 atom stereocenters. The van der Waals surface area contributed by atoms with Crippen molar-refractivity contribution in [2.45, 2.75) is 38.8 Å². The molecule has 17 heavy (non-hydrogen) atoms. The van der Waals surface area contributed by atoms with Crippen LogP contribution in [0.25, 0.3) is 0 Å². The summed E-state index contributed by atoms with van der Waals surface area (Å²) in [6, 6.07) is 0.820. The van der Waals surface area contributed by atoms with Crippen molar-refractivity contribution < 1.29 is 4.79 Å². The molecule has 0 radical (unpaired) electrons. The maximum atomic E-state index is 11.4. The second kappa shape index (κ2) is 5.29. The average Bonchev–Trinajstić information content (AvgIpc) is 2.72. The standard InChI is InChI=1S/C12H21N3OS/c1-8(2)10-7-17-12(14-10)13-9-4-5-11(16)15(3)6-9/h8-10H,4-7H2,1-3H3,(H,13,14). The topological polar surface area (TPSA) is 44.7 Å². The van der Waals surface area contributed by atoms with Crippen LogP contribution in [0.4, 0.5) is 0 Å². The highest BCUT2D eigenvalue weighted by atomic mass is 32.2. The minimum absolute atomic E-state index is 0.254. The van der Waals surface area contributed by atoms with Gasteiger partial charge < -0.3 is 10.2 Å². The van der Waals surface area contributed by atoms with Crippen LogP contribution in [-0.4, -0.2) is 47.4 Å². The number of amidine groups is 1. The van der Waals surface area contributed by atoms with Crippen LogP contribution in [0.1, 0.15) is 26.7 Å². The fourth-order valence-electron chi connectivity index (χ4n) is 2.11. The Kier molecular flexibility index (Phi) is 3.97. The molecule has 0 aromatic rings. The molecule has 1 N–H and O–H groups in total. The van der Waals surface area contributed by atoms with E-state index in [1.807, 2.05) is 18.8 Å². The third kappa shape index (κ3) is 3.15. The van der Waals surface area contributed by atoms with E-state index in [1.165, 1.54) is 0 Å². The number of rotatable bonds is 2. The van der Waals surface area contributed by atoms with E-state index in [-0.39, 0.29) is 5.91 Å². The monoisotopic (exact) mass is 255 g/mol. The molecular formula is C12H21N3OS. The third-order valence-corrected chi connectivity index (χ3v) is 4.40. The first kappa shape index (κ1) is 12.7. The summed E-state index contributed by atoms with van der Waals surface area (Å²) in [5, 5.41) is 4.54. The van der Waals surface area contributed by atoms with Gasteiger partial charge in [0.25, 0.3) is 0 Å². The van der Waals surface area contributed by atoms with Gasteiger partial charge in [-0.3, -0.25) is 9.79 Å². The Morgan fingerprint density at radius 2 is 2.29 bits per heavy atom. The minimum atomic E-state index is 0.254. The maximum Gasteiger partial charge on any atom is 0.222 e. The average molecular weight is 255 g/mol. The van der Waals surface area contributed by atoms with E-state index < -0.39 is 0 Å². The molecule has 2 aliphatic heterocycles. The molecule has 0 aliphatic carbocycles. The molecule has 0 saturated carbocycles. The molecule has 0 aromatic carbocycles. The SMILES string of the molecule is CC(C)C1CSC(NC2CCC(=O)N(C)C2)=N1. The van der Waals surface area contributed by atoms with E-state index in [0.717, 1.165) is 23.9 Å². The van der Waals surface area contributed by atoms with Gasteiger partial charge in [-0.2, -0.15) is 0 Å². The number of nitrogens with zero attached hydrogens (tertiary/aromatic N) is 2. The van der Waals surface area contributed by atoms with Gasteiger partial charge in [0.15, 0.2) is 5.17 Å². The number of aliphatic imine (C=N–C) groups is 1. The molecule has 1 amide bonds. The zero-order valence-corrected chi connectivity index (χ0v) is 11.6. The van der Waals surface area contributed by atoms with Gasteiger partial charge in [0, 0.05) is 31.8 Å². The van der Waals surface area contributed by atoms with Crippen LogP contribution < -0.4 is 5.32 Å². The van der Waals surface area contributed by atoms with E-state index in [1.54, 1.807) is 4.90 Å². The van der Waals surface area contributed by atoms with Crippen molar-refractivity contribution in [3.63, 3.8) is 0 Å². The number of carbonyl (C=O) groups is 1. The fourth-order valence-corrected chi connectivity index (χ4v) is 3.36. The largest absolute Gasteiger partial charge is 0.360 e. The third-order valence-electron chi connectivity index (χ3n) is 3.40. The van der Waals surface area contributed by atoms with Crippen LogP contribution in [0.3, 0.4) is 0 Å². The molecule has 2 heterocycles. The van der Waals surface area contributed by atoms with E-state index in [9.17, 15) is 4.79 Å². The number of carbonyl (C=O) groups excluding carboxylic acids is 1. The number of likely N-dealkylation sites (tertiary alicyclic amines) is 1. The predicted molar refractivity (Wildman–Crippen MR) is 72.3 cm³/mol. The molecule has 2 rings (SSSR count). The molecule has 1 saturated heterocycles. The molecule has 5 heteroatoms. The Labute approximate surface area is 107 Å². The highest BCUT2D eigenvalue weighted by molar-refractivity contribution is 8.14. The zero-order chi connectivity index (χ0) is 12.4. The highest BCUT2D eigenvalue weighted by Gasteiger charge is 2.26. The molecule has 4 nitrogen and oxygen atoms in total. The van der Waals surface area contributed by atoms with Crippen molar-refractivity contribution >= 4 is 22.8 Å². The first-order chi connectivity index (χ1) is 8.06. The van der Waals surface area contributed by atoms with Crippen LogP contribution >= 0.6 is 11.8 Å². The van der Waals surface area contributed by atoms with Crippen LogP contribution in [0, 0.1) is 5.92 Å². The first-order valence-corrected chi connectivity index (χ1v) is 7.26. The predicted octanol–water partition coefficient (Wildman–Crippen LogP) is 1.32. The van der Waals surface area contributed by atoms with Gasteiger partial charge in [0.2, 0.25) is 5.91 Å². The Bertz CT molecular complexity index is 330. The molecule has 96 valence electrons. The van der Waals surface area contributed by atoms with Gasteiger partial charge in [0.1, 0.15) is 0 Å². The molecule has 0 aromatic heterocycles.